The molecule has 7 heteroatoms. The van der Waals surface area contributed by atoms with E-state index in [1.165, 1.54) is 6.07 Å². The van der Waals surface area contributed by atoms with Crippen molar-refractivity contribution in [3.63, 3.8) is 0 Å². The molecule has 1 aliphatic rings. The zero-order valence-electron chi connectivity index (χ0n) is 20.8. The van der Waals surface area contributed by atoms with Crippen LogP contribution in [0.25, 0.3) is 0 Å². The number of aryl methyl sites for hydroxylation is 3. The molecule has 4 nitrogen and oxygen atoms in total. The molecule has 4 rings (SSSR count). The molecule has 0 saturated carbocycles. The molecule has 1 aliphatic heterocycles. The van der Waals surface area contributed by atoms with Crippen molar-refractivity contribution < 1.29 is 18.0 Å². The predicted octanol–water partition coefficient (Wildman–Crippen LogP) is 5.76. The number of amides is 1. The van der Waals surface area contributed by atoms with Crippen molar-refractivity contribution >= 4 is 11.6 Å². The lowest BCUT2D eigenvalue weighted by Gasteiger charge is -2.31. The maximum Gasteiger partial charge on any atom is 0.418 e. The molecule has 1 heterocycles. The number of hydrogen-bond donors (Lipinski definition) is 3. The summed E-state index contributed by atoms with van der Waals surface area (Å²) >= 11 is 0. The molecular weight excluding hydrogens is 463 g/mol. The summed E-state index contributed by atoms with van der Waals surface area (Å²) < 4.78 is 42.0. The smallest absolute Gasteiger partial charge is 0.384 e. The van der Waals surface area contributed by atoms with Crippen LogP contribution in [0.15, 0.2) is 54.6 Å². The number of nitrogens with two attached hydrogens (primary N) is 1. The Balaban J connectivity index is 1.60. The molecule has 0 aliphatic carbocycles. The Kier molecular flexibility index (Phi) is 7.41. The average Bonchev–Trinajstić information content (AvgIpc) is 2.81. The van der Waals surface area contributed by atoms with Gasteiger partial charge in [-0.15, -0.1) is 0 Å². The van der Waals surface area contributed by atoms with Gasteiger partial charge in [0.05, 0.1) is 23.3 Å². The van der Waals surface area contributed by atoms with Gasteiger partial charge in [-0.25, -0.2) is 0 Å². The van der Waals surface area contributed by atoms with E-state index < -0.39 is 23.8 Å². The molecular formula is C29H32F3N3O. The second kappa shape index (κ2) is 10.3. The SMILES string of the molecule is Cc1cc(C)c(CC(N)C(=O)NC2CCNc3c2cc(Cc2ccccc2)cc3C(F)(F)F)c(C)c1. The summed E-state index contributed by atoms with van der Waals surface area (Å²) in [6, 6.07) is 15.1. The first kappa shape index (κ1) is 25.8. The number of carbonyl (C=O) groups is 1. The summed E-state index contributed by atoms with van der Waals surface area (Å²) in [7, 11) is 0. The van der Waals surface area contributed by atoms with Crippen molar-refractivity contribution in [3.05, 3.63) is 99.1 Å². The van der Waals surface area contributed by atoms with E-state index in [9.17, 15) is 18.0 Å². The van der Waals surface area contributed by atoms with Gasteiger partial charge in [-0.3, -0.25) is 4.79 Å². The number of fused-ring (bicyclic) bond motifs is 1. The molecule has 0 aromatic heterocycles. The minimum Gasteiger partial charge on any atom is -0.384 e. The molecule has 0 bridgehead atoms. The number of benzene rings is 3. The molecule has 4 N–H and O–H groups in total. The highest BCUT2D eigenvalue weighted by Crippen LogP contribution is 2.42. The molecule has 0 spiro atoms. The van der Waals surface area contributed by atoms with E-state index in [4.69, 9.17) is 5.73 Å². The Hall–Kier alpha value is -3.32. The van der Waals surface area contributed by atoms with Crippen LogP contribution in [-0.4, -0.2) is 18.5 Å². The van der Waals surface area contributed by atoms with Gasteiger partial charge in [0, 0.05) is 6.54 Å². The van der Waals surface area contributed by atoms with Crippen LogP contribution in [0.5, 0.6) is 0 Å². The zero-order chi connectivity index (χ0) is 26.0. The lowest BCUT2D eigenvalue weighted by Crippen LogP contribution is -2.45. The molecule has 2 unspecified atom stereocenters. The van der Waals surface area contributed by atoms with Crippen LogP contribution in [0, 0.1) is 20.8 Å². The van der Waals surface area contributed by atoms with Gasteiger partial charge in [-0.1, -0.05) is 54.1 Å². The van der Waals surface area contributed by atoms with Crippen molar-refractivity contribution in [1.82, 2.24) is 5.32 Å². The van der Waals surface area contributed by atoms with Crippen molar-refractivity contribution in [2.45, 2.75) is 58.3 Å². The fraction of sp³-hybridized carbons (Fsp3) is 0.345. The number of anilines is 1. The largest absolute Gasteiger partial charge is 0.418 e. The van der Waals surface area contributed by atoms with Crippen molar-refractivity contribution in [2.24, 2.45) is 5.73 Å². The van der Waals surface area contributed by atoms with E-state index in [1.807, 2.05) is 51.1 Å². The first-order valence-corrected chi connectivity index (χ1v) is 12.2. The first-order chi connectivity index (χ1) is 17.0. The number of halogens is 3. The van der Waals surface area contributed by atoms with Crippen LogP contribution in [0.1, 0.15) is 57.0 Å². The summed E-state index contributed by atoms with van der Waals surface area (Å²) in [6.07, 6.45) is -3.32. The summed E-state index contributed by atoms with van der Waals surface area (Å²) in [5.74, 6) is -0.366. The van der Waals surface area contributed by atoms with E-state index in [-0.39, 0.29) is 11.6 Å². The normalized spacial score (nSPS) is 16.1. The zero-order valence-corrected chi connectivity index (χ0v) is 20.8. The Labute approximate surface area is 210 Å². The van der Waals surface area contributed by atoms with Gasteiger partial charge in [-0.05, 0) is 79.5 Å². The second-order valence-electron chi connectivity index (χ2n) is 9.73. The number of nitrogens with one attached hydrogen (secondary N) is 2. The van der Waals surface area contributed by atoms with Crippen LogP contribution in [0.3, 0.4) is 0 Å². The fourth-order valence-electron chi connectivity index (χ4n) is 5.13. The molecule has 1 amide bonds. The van der Waals surface area contributed by atoms with Crippen LogP contribution in [-0.2, 0) is 23.8 Å². The van der Waals surface area contributed by atoms with Crippen LogP contribution in [0.4, 0.5) is 18.9 Å². The van der Waals surface area contributed by atoms with Gasteiger partial charge in [-0.2, -0.15) is 13.2 Å². The molecule has 0 saturated heterocycles. The fourth-order valence-corrected chi connectivity index (χ4v) is 5.13. The van der Waals surface area contributed by atoms with Gasteiger partial charge >= 0.3 is 6.18 Å². The lowest BCUT2D eigenvalue weighted by molar-refractivity contribution is -0.137. The lowest BCUT2D eigenvalue weighted by atomic mass is 9.90. The highest BCUT2D eigenvalue weighted by molar-refractivity contribution is 5.83. The van der Waals surface area contributed by atoms with Crippen LogP contribution < -0.4 is 16.4 Å². The van der Waals surface area contributed by atoms with Crippen molar-refractivity contribution in [3.8, 4) is 0 Å². The predicted molar refractivity (Wildman–Crippen MR) is 137 cm³/mol. The van der Waals surface area contributed by atoms with Gasteiger partial charge < -0.3 is 16.4 Å². The summed E-state index contributed by atoms with van der Waals surface area (Å²) in [5, 5.41) is 5.86. The van der Waals surface area contributed by atoms with Gasteiger partial charge in [0.2, 0.25) is 5.91 Å². The molecule has 0 fully saturated rings. The molecule has 3 aromatic rings. The highest BCUT2D eigenvalue weighted by Gasteiger charge is 2.37. The number of alkyl halides is 3. The van der Waals surface area contributed by atoms with Gasteiger partial charge in [0.1, 0.15) is 0 Å². The molecule has 0 radical (unpaired) electrons. The minimum atomic E-state index is -4.52. The quantitative estimate of drug-likeness (QED) is 0.407. The second-order valence-corrected chi connectivity index (χ2v) is 9.73. The third kappa shape index (κ3) is 5.73. The maximum absolute atomic E-state index is 14.0. The molecule has 190 valence electrons. The maximum atomic E-state index is 14.0. The number of carbonyl (C=O) groups excluding carboxylic acids is 1. The Morgan fingerprint density at radius 1 is 1.06 bits per heavy atom. The van der Waals surface area contributed by atoms with E-state index in [1.54, 1.807) is 6.07 Å². The van der Waals surface area contributed by atoms with Gasteiger partial charge in [0.25, 0.3) is 0 Å². The Morgan fingerprint density at radius 2 is 1.72 bits per heavy atom. The molecule has 36 heavy (non-hydrogen) atoms. The van der Waals surface area contributed by atoms with Crippen molar-refractivity contribution in [2.75, 3.05) is 11.9 Å². The molecule has 2 atom stereocenters. The topological polar surface area (TPSA) is 67.2 Å². The van der Waals surface area contributed by atoms with Crippen LogP contribution >= 0.6 is 0 Å². The van der Waals surface area contributed by atoms with E-state index in [0.717, 1.165) is 27.8 Å². The first-order valence-electron chi connectivity index (χ1n) is 12.2. The van der Waals surface area contributed by atoms with E-state index >= 15 is 0 Å². The monoisotopic (exact) mass is 495 g/mol. The highest BCUT2D eigenvalue weighted by atomic mass is 19.4. The summed E-state index contributed by atoms with van der Waals surface area (Å²) in [4.78, 5) is 13.1. The van der Waals surface area contributed by atoms with Gasteiger partial charge in [0.15, 0.2) is 0 Å². The van der Waals surface area contributed by atoms with E-state index in [0.29, 0.717) is 36.9 Å². The standard InChI is InChI=1S/C29H32F3N3O/c1-17-11-18(2)22(19(3)12-17)16-25(33)28(36)35-26-9-10-34-27-23(26)14-21(15-24(27)29(30,31)32)13-20-7-5-4-6-8-20/h4-8,11-12,14-15,25-26,34H,9-10,13,16,33H2,1-3H3,(H,35,36). The summed E-state index contributed by atoms with van der Waals surface area (Å²) in [5.41, 5.74) is 11.8. The van der Waals surface area contributed by atoms with Crippen LogP contribution in [0.2, 0.25) is 0 Å². The minimum absolute atomic E-state index is 0.0367. The summed E-state index contributed by atoms with van der Waals surface area (Å²) in [6.45, 7) is 6.34. The number of hydrogen-bond acceptors (Lipinski definition) is 3. The number of rotatable bonds is 6. The Bertz CT molecular complexity index is 1230. The Morgan fingerprint density at radius 3 is 2.36 bits per heavy atom. The van der Waals surface area contributed by atoms with Crippen molar-refractivity contribution in [1.29, 1.82) is 0 Å². The molecule has 3 aromatic carbocycles. The third-order valence-corrected chi connectivity index (χ3v) is 6.81. The third-order valence-electron chi connectivity index (χ3n) is 6.81. The average molecular weight is 496 g/mol. The van der Waals surface area contributed by atoms with E-state index in [2.05, 4.69) is 22.8 Å².